The molecule has 2 fully saturated rings. The van der Waals surface area contributed by atoms with E-state index < -0.39 is 40.0 Å². The molecule has 2 aromatic rings. The highest BCUT2D eigenvalue weighted by Crippen LogP contribution is 2.35. The van der Waals surface area contributed by atoms with Crippen LogP contribution in [0.3, 0.4) is 0 Å². The fourth-order valence-corrected chi connectivity index (χ4v) is 5.38. The summed E-state index contributed by atoms with van der Waals surface area (Å²) in [6, 6.07) is 11.1. The van der Waals surface area contributed by atoms with Gasteiger partial charge in [-0.05, 0) is 61.4 Å². The highest BCUT2D eigenvalue weighted by Gasteiger charge is 2.52. The Morgan fingerprint density at radius 2 is 1.70 bits per heavy atom. The van der Waals surface area contributed by atoms with Crippen LogP contribution >= 0.6 is 11.6 Å². The number of hydrogen-bond donors (Lipinski definition) is 1. The lowest BCUT2D eigenvalue weighted by molar-refractivity contribution is -0.140. The molecule has 174 valence electrons. The van der Waals surface area contributed by atoms with Crippen LogP contribution in [-0.2, 0) is 19.6 Å². The van der Waals surface area contributed by atoms with E-state index in [1.54, 1.807) is 0 Å². The van der Waals surface area contributed by atoms with E-state index in [9.17, 15) is 22.8 Å². The number of anilines is 1. The average molecular weight is 492 g/mol. The summed E-state index contributed by atoms with van der Waals surface area (Å²) in [5.74, 6) is -1.02. The van der Waals surface area contributed by atoms with Gasteiger partial charge in [-0.25, -0.2) is 18.0 Å². The zero-order valence-corrected chi connectivity index (χ0v) is 19.4. The van der Waals surface area contributed by atoms with Gasteiger partial charge in [-0.3, -0.25) is 14.0 Å². The first-order valence-electron chi connectivity index (χ1n) is 10.3. The summed E-state index contributed by atoms with van der Waals surface area (Å²) in [6.07, 6.45) is 2.83. The predicted molar refractivity (Wildman–Crippen MR) is 121 cm³/mol. The van der Waals surface area contributed by atoms with Crippen LogP contribution in [0.4, 0.5) is 10.5 Å². The van der Waals surface area contributed by atoms with Crippen LogP contribution in [0, 0.1) is 0 Å². The van der Waals surface area contributed by atoms with Crippen molar-refractivity contribution in [3.8, 4) is 5.75 Å². The number of carbonyl (C=O) groups is 3. The summed E-state index contributed by atoms with van der Waals surface area (Å²) in [4.78, 5) is 38.1. The molecular weight excluding hydrogens is 470 g/mol. The molecule has 0 atom stereocenters. The molecule has 3 amide bonds. The molecule has 11 heteroatoms. The van der Waals surface area contributed by atoms with E-state index in [0.29, 0.717) is 23.6 Å². The summed E-state index contributed by atoms with van der Waals surface area (Å²) >= 11 is 5.82. The Morgan fingerprint density at radius 1 is 1.09 bits per heavy atom. The van der Waals surface area contributed by atoms with Crippen LogP contribution in [0.2, 0.25) is 5.02 Å². The highest BCUT2D eigenvalue weighted by molar-refractivity contribution is 7.92. The van der Waals surface area contributed by atoms with E-state index in [0.717, 1.165) is 22.0 Å². The number of nitrogens with one attached hydrogen (secondary N) is 1. The Bertz CT molecular complexity index is 1190. The van der Waals surface area contributed by atoms with Crippen molar-refractivity contribution in [1.82, 2.24) is 10.2 Å². The van der Waals surface area contributed by atoms with Crippen molar-refractivity contribution in [1.29, 1.82) is 0 Å². The van der Waals surface area contributed by atoms with Gasteiger partial charge < -0.3 is 10.1 Å². The van der Waals surface area contributed by atoms with E-state index in [1.165, 1.54) is 55.6 Å². The number of sulfonamides is 1. The standard InChI is InChI=1S/C22H22ClN3O6S/c1-25(33(30,31)18-10-4-15(23)5-11-18)16-6-8-17(9-7-16)32-19(27)14-26-20(28)22(24-21(26)29)12-2-3-13-22/h4-11H,2-3,12-14H2,1H3,(H,24,29). The van der Waals surface area contributed by atoms with Gasteiger partial charge in [0, 0.05) is 12.1 Å². The lowest BCUT2D eigenvalue weighted by Crippen LogP contribution is -2.44. The molecule has 0 bridgehead atoms. The number of benzene rings is 2. The minimum absolute atomic E-state index is 0.0819. The Morgan fingerprint density at radius 3 is 2.30 bits per heavy atom. The zero-order valence-electron chi connectivity index (χ0n) is 17.8. The maximum absolute atomic E-state index is 12.8. The van der Waals surface area contributed by atoms with Crippen molar-refractivity contribution >= 4 is 45.2 Å². The maximum Gasteiger partial charge on any atom is 0.331 e. The monoisotopic (exact) mass is 491 g/mol. The van der Waals surface area contributed by atoms with E-state index in [1.807, 2.05) is 0 Å². The molecule has 2 aromatic carbocycles. The van der Waals surface area contributed by atoms with Gasteiger partial charge in [0.05, 0.1) is 10.6 Å². The number of rotatable bonds is 6. The van der Waals surface area contributed by atoms with Crippen molar-refractivity contribution in [3.63, 3.8) is 0 Å². The molecule has 2 aliphatic rings. The molecule has 1 aliphatic carbocycles. The Balaban J connectivity index is 1.40. The van der Waals surface area contributed by atoms with Crippen molar-refractivity contribution < 1.29 is 27.5 Å². The summed E-state index contributed by atoms with van der Waals surface area (Å²) < 4.78 is 31.9. The molecule has 0 unspecified atom stereocenters. The Labute approximate surface area is 196 Å². The van der Waals surface area contributed by atoms with Gasteiger partial charge in [-0.15, -0.1) is 0 Å². The van der Waals surface area contributed by atoms with Gasteiger partial charge in [0.15, 0.2) is 0 Å². The normalized spacial score (nSPS) is 17.3. The number of esters is 1. The van der Waals surface area contributed by atoms with E-state index in [2.05, 4.69) is 5.32 Å². The van der Waals surface area contributed by atoms with Crippen LogP contribution in [-0.4, -0.2) is 50.4 Å². The van der Waals surface area contributed by atoms with Crippen LogP contribution in [0.25, 0.3) is 0 Å². The third-order valence-corrected chi connectivity index (χ3v) is 7.95. The first kappa shape index (κ1) is 23.1. The minimum atomic E-state index is -3.81. The lowest BCUT2D eigenvalue weighted by Gasteiger charge is -2.20. The molecule has 33 heavy (non-hydrogen) atoms. The third kappa shape index (κ3) is 4.40. The van der Waals surface area contributed by atoms with Gasteiger partial charge in [-0.2, -0.15) is 0 Å². The molecule has 1 aliphatic heterocycles. The molecule has 1 spiro atoms. The fraction of sp³-hybridized carbons (Fsp3) is 0.318. The molecule has 0 aromatic heterocycles. The van der Waals surface area contributed by atoms with Crippen molar-refractivity contribution in [2.24, 2.45) is 0 Å². The van der Waals surface area contributed by atoms with Gasteiger partial charge in [0.2, 0.25) is 0 Å². The molecule has 1 saturated carbocycles. The highest BCUT2D eigenvalue weighted by atomic mass is 35.5. The molecule has 1 heterocycles. The largest absolute Gasteiger partial charge is 0.425 e. The number of ether oxygens (including phenoxy) is 1. The van der Waals surface area contributed by atoms with Gasteiger partial charge in [-0.1, -0.05) is 24.4 Å². The first-order valence-corrected chi connectivity index (χ1v) is 12.1. The number of halogens is 1. The zero-order chi connectivity index (χ0) is 23.8. The topological polar surface area (TPSA) is 113 Å². The Kier molecular flexibility index (Phi) is 6.06. The summed E-state index contributed by atoms with van der Waals surface area (Å²) in [7, 11) is -2.40. The van der Waals surface area contributed by atoms with Crippen LogP contribution in [0.15, 0.2) is 53.4 Å². The summed E-state index contributed by atoms with van der Waals surface area (Å²) in [6.45, 7) is -0.501. The minimum Gasteiger partial charge on any atom is -0.425 e. The Hall–Kier alpha value is -3.11. The quantitative estimate of drug-likeness (QED) is 0.377. The predicted octanol–water partition coefficient (Wildman–Crippen LogP) is 2.94. The van der Waals surface area contributed by atoms with Crippen molar-refractivity contribution in [2.75, 3.05) is 17.9 Å². The number of nitrogens with zero attached hydrogens (tertiary/aromatic N) is 2. The maximum atomic E-state index is 12.8. The molecule has 1 saturated heterocycles. The second-order valence-electron chi connectivity index (χ2n) is 8.01. The SMILES string of the molecule is CN(c1ccc(OC(=O)CN2C(=O)NC3(CCCC3)C2=O)cc1)S(=O)(=O)c1ccc(Cl)cc1. The van der Waals surface area contributed by atoms with Crippen LogP contribution < -0.4 is 14.4 Å². The lowest BCUT2D eigenvalue weighted by atomic mass is 9.98. The summed E-state index contributed by atoms with van der Waals surface area (Å²) in [5.41, 5.74) is -0.541. The summed E-state index contributed by atoms with van der Waals surface area (Å²) in [5, 5.41) is 3.13. The smallest absolute Gasteiger partial charge is 0.331 e. The molecular formula is C22H22ClN3O6S. The van der Waals surface area contributed by atoms with Crippen molar-refractivity contribution in [3.05, 3.63) is 53.6 Å². The second-order valence-corrected chi connectivity index (χ2v) is 10.4. The fourth-order valence-electron chi connectivity index (χ4n) is 4.06. The number of urea groups is 1. The molecule has 1 N–H and O–H groups in total. The molecule has 9 nitrogen and oxygen atoms in total. The third-order valence-electron chi connectivity index (χ3n) is 5.89. The van der Waals surface area contributed by atoms with Crippen LogP contribution in [0.1, 0.15) is 25.7 Å². The van der Waals surface area contributed by atoms with E-state index in [4.69, 9.17) is 16.3 Å². The second kappa shape index (κ2) is 8.68. The number of imide groups is 1. The van der Waals surface area contributed by atoms with Crippen LogP contribution in [0.5, 0.6) is 5.75 Å². The molecule has 0 radical (unpaired) electrons. The van der Waals surface area contributed by atoms with E-state index in [-0.39, 0.29) is 10.6 Å². The first-order chi connectivity index (χ1) is 15.6. The van der Waals surface area contributed by atoms with E-state index >= 15 is 0 Å². The van der Waals surface area contributed by atoms with Crippen molar-refractivity contribution in [2.45, 2.75) is 36.1 Å². The number of carbonyl (C=O) groups excluding carboxylic acids is 3. The molecule has 4 rings (SSSR count). The average Bonchev–Trinajstić information content (AvgIpc) is 3.34. The number of amides is 3. The van der Waals surface area contributed by atoms with Gasteiger partial charge >= 0.3 is 12.0 Å². The van der Waals surface area contributed by atoms with Gasteiger partial charge in [0.1, 0.15) is 17.8 Å². The number of hydrogen-bond acceptors (Lipinski definition) is 6. The van der Waals surface area contributed by atoms with Gasteiger partial charge in [0.25, 0.3) is 15.9 Å².